The van der Waals surface area contributed by atoms with Crippen LogP contribution >= 0.6 is 11.3 Å². The van der Waals surface area contributed by atoms with E-state index >= 15 is 0 Å². The summed E-state index contributed by atoms with van der Waals surface area (Å²) in [7, 11) is 0. The topological polar surface area (TPSA) is 68.5 Å². The number of carbonyl (C=O) groups excluding carboxylic acids is 1. The predicted octanol–water partition coefficient (Wildman–Crippen LogP) is 1.29. The summed E-state index contributed by atoms with van der Waals surface area (Å²) in [5.74, 6) is 5.57. The van der Waals surface area contributed by atoms with Crippen molar-refractivity contribution in [1.82, 2.24) is 9.99 Å². The van der Waals surface area contributed by atoms with E-state index in [0.717, 1.165) is 16.4 Å². The van der Waals surface area contributed by atoms with Crippen LogP contribution in [0.15, 0.2) is 11.6 Å². The van der Waals surface area contributed by atoms with Crippen LogP contribution in [0.4, 0.5) is 4.79 Å². The Morgan fingerprint density at radius 3 is 3.14 bits per heavy atom. The van der Waals surface area contributed by atoms with Crippen LogP contribution in [0.3, 0.4) is 0 Å². The average Bonchev–Trinajstić information content (AvgIpc) is 2.76. The minimum absolute atomic E-state index is 0.103. The molecule has 2 N–H and O–H groups in total. The fraction of sp³-hybridized carbons (Fsp3) is 0.500. The Balaban J connectivity index is 2.24. The van der Waals surface area contributed by atoms with Gasteiger partial charge in [0.25, 0.3) is 0 Å². The third kappa shape index (κ3) is 1.36. The van der Waals surface area contributed by atoms with E-state index in [4.69, 9.17) is 10.6 Å². The van der Waals surface area contributed by atoms with Crippen LogP contribution in [0.2, 0.25) is 0 Å². The molecule has 1 aromatic heterocycles. The van der Waals surface area contributed by atoms with Crippen molar-refractivity contribution < 1.29 is 9.53 Å². The smallest absolute Gasteiger partial charge is 0.425 e. The van der Waals surface area contributed by atoms with Crippen LogP contribution in [-0.4, -0.2) is 22.1 Å². The van der Waals surface area contributed by atoms with Crippen molar-refractivity contribution in [3.63, 3.8) is 0 Å². The number of aromatic nitrogens is 1. The second kappa shape index (κ2) is 3.55. The molecule has 0 saturated carbocycles. The highest BCUT2D eigenvalue weighted by Crippen LogP contribution is 2.33. The number of rotatable bonds is 2. The van der Waals surface area contributed by atoms with Crippen LogP contribution in [0, 0.1) is 0 Å². The minimum Gasteiger partial charge on any atom is -0.435 e. The number of cyclic esters (lactones) is 1. The molecule has 0 spiro atoms. The summed E-state index contributed by atoms with van der Waals surface area (Å²) in [5.41, 5.74) is 0. The van der Waals surface area contributed by atoms with E-state index in [1.165, 1.54) is 11.3 Å². The lowest BCUT2D eigenvalue weighted by atomic mass is 10.1. The summed E-state index contributed by atoms with van der Waals surface area (Å²) in [6.45, 7) is 1.97. The number of ether oxygens (including phenoxy) is 1. The van der Waals surface area contributed by atoms with Crippen molar-refractivity contribution in [2.45, 2.75) is 25.5 Å². The monoisotopic (exact) mass is 213 g/mol. The second-order valence-electron chi connectivity index (χ2n) is 3.06. The fourth-order valence-corrected chi connectivity index (χ4v) is 2.25. The molecule has 0 radical (unpaired) electrons. The van der Waals surface area contributed by atoms with Crippen LogP contribution in [0.1, 0.15) is 24.5 Å². The van der Waals surface area contributed by atoms with Crippen molar-refractivity contribution in [2.24, 2.45) is 5.84 Å². The fourth-order valence-electron chi connectivity index (χ4n) is 1.53. The zero-order valence-corrected chi connectivity index (χ0v) is 8.53. The standard InChI is InChI=1S/C8H11N3O2S/c1-2-5-6(7-10-3-4-14-7)13-8(12)11(5)9/h3-6H,2,9H2,1H3/t5-,6+/m0/s1. The van der Waals surface area contributed by atoms with E-state index < -0.39 is 6.09 Å². The van der Waals surface area contributed by atoms with Crippen LogP contribution < -0.4 is 5.84 Å². The third-order valence-corrected chi connectivity index (χ3v) is 3.10. The van der Waals surface area contributed by atoms with Gasteiger partial charge in [0, 0.05) is 11.6 Å². The Kier molecular flexibility index (Phi) is 2.39. The third-order valence-electron chi connectivity index (χ3n) is 2.26. The lowest BCUT2D eigenvalue weighted by Gasteiger charge is -2.16. The molecule has 1 aliphatic rings. The molecular formula is C8H11N3O2S. The number of nitrogens with two attached hydrogens (primary N) is 1. The van der Waals surface area contributed by atoms with Crippen LogP contribution in [0.5, 0.6) is 0 Å². The van der Waals surface area contributed by atoms with Gasteiger partial charge in [-0.2, -0.15) is 0 Å². The summed E-state index contributed by atoms with van der Waals surface area (Å²) >= 11 is 1.47. The van der Waals surface area contributed by atoms with Gasteiger partial charge in [-0.1, -0.05) is 6.92 Å². The number of thiazole rings is 1. The van der Waals surface area contributed by atoms with E-state index in [1.807, 2.05) is 12.3 Å². The summed E-state index contributed by atoms with van der Waals surface area (Å²) < 4.78 is 5.13. The summed E-state index contributed by atoms with van der Waals surface area (Å²) in [5, 5.41) is 3.80. The molecule has 2 atom stereocenters. The second-order valence-corrected chi connectivity index (χ2v) is 3.98. The van der Waals surface area contributed by atoms with Gasteiger partial charge < -0.3 is 4.74 Å². The number of amides is 1. The van der Waals surface area contributed by atoms with E-state index in [-0.39, 0.29) is 12.1 Å². The quantitative estimate of drug-likeness (QED) is 0.593. The van der Waals surface area contributed by atoms with Crippen molar-refractivity contribution in [2.75, 3.05) is 0 Å². The van der Waals surface area contributed by atoms with Crippen LogP contribution in [-0.2, 0) is 4.74 Å². The van der Waals surface area contributed by atoms with Crippen molar-refractivity contribution >= 4 is 17.4 Å². The van der Waals surface area contributed by atoms with Gasteiger partial charge in [-0.3, -0.25) is 0 Å². The summed E-state index contributed by atoms with van der Waals surface area (Å²) in [4.78, 5) is 15.3. The van der Waals surface area contributed by atoms with E-state index in [9.17, 15) is 4.79 Å². The summed E-state index contributed by atoms with van der Waals surface area (Å²) in [6, 6.07) is -0.103. The molecule has 0 bridgehead atoms. The van der Waals surface area contributed by atoms with Crippen molar-refractivity contribution in [3.8, 4) is 0 Å². The van der Waals surface area contributed by atoms with Crippen molar-refractivity contribution in [1.29, 1.82) is 0 Å². The number of hydrogen-bond acceptors (Lipinski definition) is 5. The molecule has 1 amide bonds. The Morgan fingerprint density at radius 2 is 2.57 bits per heavy atom. The normalized spacial score (nSPS) is 26.7. The SMILES string of the molecule is CC[C@H]1[C@H](c2nccs2)OC(=O)N1N. The van der Waals surface area contributed by atoms with Crippen molar-refractivity contribution in [3.05, 3.63) is 16.6 Å². The molecule has 2 rings (SSSR count). The first-order valence-electron chi connectivity index (χ1n) is 4.38. The van der Waals surface area contributed by atoms with Gasteiger partial charge in [-0.25, -0.2) is 20.6 Å². The van der Waals surface area contributed by atoms with Gasteiger partial charge in [0.1, 0.15) is 5.01 Å². The van der Waals surface area contributed by atoms with Gasteiger partial charge in [-0.05, 0) is 6.42 Å². The minimum atomic E-state index is -0.475. The molecule has 0 aliphatic carbocycles. The average molecular weight is 213 g/mol. The highest BCUT2D eigenvalue weighted by molar-refractivity contribution is 7.09. The van der Waals surface area contributed by atoms with Gasteiger partial charge in [0.05, 0.1) is 6.04 Å². The molecule has 6 heteroatoms. The number of carbonyl (C=O) groups is 1. The number of nitrogens with zero attached hydrogens (tertiary/aromatic N) is 2. The Labute approximate surface area is 85.5 Å². The molecule has 0 unspecified atom stereocenters. The van der Waals surface area contributed by atoms with Gasteiger partial charge >= 0.3 is 6.09 Å². The van der Waals surface area contributed by atoms with E-state index in [2.05, 4.69) is 4.98 Å². The molecule has 14 heavy (non-hydrogen) atoms. The Morgan fingerprint density at radius 1 is 1.79 bits per heavy atom. The maximum Gasteiger partial charge on any atom is 0.425 e. The molecule has 5 nitrogen and oxygen atoms in total. The van der Waals surface area contributed by atoms with E-state index in [1.54, 1.807) is 6.20 Å². The Hall–Kier alpha value is -1.14. The number of hydrazine groups is 1. The van der Waals surface area contributed by atoms with Gasteiger partial charge in [0.2, 0.25) is 0 Å². The molecule has 1 aromatic rings. The van der Waals surface area contributed by atoms with E-state index in [0.29, 0.717) is 0 Å². The van der Waals surface area contributed by atoms with Gasteiger partial charge in [-0.15, -0.1) is 11.3 Å². The first kappa shape index (κ1) is 9.42. The predicted molar refractivity (Wildman–Crippen MR) is 51.4 cm³/mol. The molecular weight excluding hydrogens is 202 g/mol. The summed E-state index contributed by atoms with van der Waals surface area (Å²) in [6.07, 6.45) is 1.67. The van der Waals surface area contributed by atoms with Gasteiger partial charge in [0.15, 0.2) is 6.10 Å². The zero-order chi connectivity index (χ0) is 10.1. The highest BCUT2D eigenvalue weighted by atomic mass is 32.1. The molecule has 1 saturated heterocycles. The van der Waals surface area contributed by atoms with Crippen LogP contribution in [0.25, 0.3) is 0 Å². The molecule has 0 aromatic carbocycles. The maximum absolute atomic E-state index is 11.2. The molecule has 1 aliphatic heterocycles. The lowest BCUT2D eigenvalue weighted by Crippen LogP contribution is -2.39. The first-order valence-corrected chi connectivity index (χ1v) is 5.26. The maximum atomic E-state index is 11.2. The molecule has 2 heterocycles. The largest absolute Gasteiger partial charge is 0.435 e. The molecule has 76 valence electrons. The first-order chi connectivity index (χ1) is 6.74. The zero-order valence-electron chi connectivity index (χ0n) is 7.71. The Bertz CT molecular complexity index is 327. The highest BCUT2D eigenvalue weighted by Gasteiger charge is 2.41. The lowest BCUT2D eigenvalue weighted by molar-refractivity contribution is 0.129. The molecule has 1 fully saturated rings. The number of hydrogen-bond donors (Lipinski definition) is 1.